The first-order valence-corrected chi connectivity index (χ1v) is 4.83. The van der Waals surface area contributed by atoms with Crippen LogP contribution in [-0.4, -0.2) is 15.3 Å². The van der Waals surface area contributed by atoms with E-state index in [1.807, 2.05) is 0 Å². The van der Waals surface area contributed by atoms with Crippen molar-refractivity contribution in [3.63, 3.8) is 0 Å². The van der Waals surface area contributed by atoms with Crippen LogP contribution in [0, 0.1) is 0 Å². The smallest absolute Gasteiger partial charge is 0.336 e. The lowest BCUT2D eigenvalue weighted by molar-refractivity contribution is 0.395. The van der Waals surface area contributed by atoms with Crippen molar-refractivity contribution in [2.45, 2.75) is 6.42 Å². The first-order valence-electron chi connectivity index (χ1n) is 4.83. The van der Waals surface area contributed by atoms with Crippen molar-refractivity contribution in [3.05, 3.63) is 46.5 Å². The quantitative estimate of drug-likeness (QED) is 0.419. The molecule has 0 radical (unpaired) electrons. The van der Waals surface area contributed by atoms with E-state index in [2.05, 4.69) is 6.58 Å². The van der Waals surface area contributed by atoms with Gasteiger partial charge in [-0.05, 0) is 17.7 Å². The third-order valence-electron chi connectivity index (χ3n) is 2.35. The number of allylic oxidation sites excluding steroid dienone is 1. The van der Waals surface area contributed by atoms with Crippen LogP contribution in [0.4, 0.5) is 0 Å². The SMILES string of the molecule is C=C(O)Cc1cc(=O)oc2c(O)c(O)ccc12. The lowest BCUT2D eigenvalue weighted by Crippen LogP contribution is -2.01. The highest BCUT2D eigenvalue weighted by Gasteiger charge is 2.12. The molecule has 0 unspecified atom stereocenters. The van der Waals surface area contributed by atoms with Crippen LogP contribution >= 0.6 is 0 Å². The molecule has 0 spiro atoms. The molecule has 0 aliphatic carbocycles. The molecule has 1 aromatic carbocycles. The van der Waals surface area contributed by atoms with E-state index in [-0.39, 0.29) is 23.5 Å². The highest BCUT2D eigenvalue weighted by atomic mass is 16.4. The summed E-state index contributed by atoms with van der Waals surface area (Å²) in [6, 6.07) is 3.98. The van der Waals surface area contributed by atoms with Crippen molar-refractivity contribution < 1.29 is 19.7 Å². The van der Waals surface area contributed by atoms with Gasteiger partial charge in [-0.25, -0.2) is 4.79 Å². The summed E-state index contributed by atoms with van der Waals surface area (Å²) in [6.07, 6.45) is 0.0757. The van der Waals surface area contributed by atoms with E-state index in [9.17, 15) is 15.0 Å². The number of aromatic hydroxyl groups is 2. The molecule has 0 atom stereocenters. The Morgan fingerprint density at radius 1 is 1.35 bits per heavy atom. The monoisotopic (exact) mass is 234 g/mol. The lowest BCUT2D eigenvalue weighted by Gasteiger charge is -2.06. The molecular weight excluding hydrogens is 224 g/mol. The summed E-state index contributed by atoms with van der Waals surface area (Å²) in [4.78, 5) is 11.3. The predicted octanol–water partition coefficient (Wildman–Crippen LogP) is 1.82. The maximum atomic E-state index is 11.3. The molecular formula is C12H10O5. The number of fused-ring (bicyclic) bond motifs is 1. The summed E-state index contributed by atoms with van der Waals surface area (Å²) in [5.74, 6) is -0.977. The third kappa shape index (κ3) is 1.94. The largest absolute Gasteiger partial charge is 0.513 e. The van der Waals surface area contributed by atoms with Gasteiger partial charge in [-0.2, -0.15) is 0 Å². The fraction of sp³-hybridized carbons (Fsp3) is 0.0833. The number of aliphatic hydroxyl groups is 1. The second-order valence-electron chi connectivity index (χ2n) is 3.64. The van der Waals surface area contributed by atoms with Crippen LogP contribution < -0.4 is 5.63 Å². The van der Waals surface area contributed by atoms with Crippen molar-refractivity contribution in [3.8, 4) is 11.5 Å². The number of aliphatic hydroxyl groups excluding tert-OH is 1. The molecule has 17 heavy (non-hydrogen) atoms. The van der Waals surface area contributed by atoms with E-state index in [1.54, 1.807) is 0 Å². The Kier molecular flexibility index (Phi) is 2.51. The highest BCUT2D eigenvalue weighted by molar-refractivity contribution is 5.87. The zero-order chi connectivity index (χ0) is 12.6. The van der Waals surface area contributed by atoms with Gasteiger partial charge in [0.1, 0.15) is 0 Å². The van der Waals surface area contributed by atoms with Crippen LogP contribution in [0.15, 0.2) is 39.7 Å². The maximum absolute atomic E-state index is 11.3. The second-order valence-corrected chi connectivity index (χ2v) is 3.64. The van der Waals surface area contributed by atoms with Gasteiger partial charge < -0.3 is 19.7 Å². The number of phenolic OH excluding ortho intramolecular Hbond substituents is 2. The normalized spacial score (nSPS) is 10.6. The van der Waals surface area contributed by atoms with Gasteiger partial charge in [0.05, 0.1) is 5.76 Å². The number of rotatable bonds is 2. The summed E-state index contributed by atoms with van der Waals surface area (Å²) in [5, 5.41) is 28.5. The molecule has 0 saturated carbocycles. The van der Waals surface area contributed by atoms with Crippen molar-refractivity contribution in [1.82, 2.24) is 0 Å². The molecule has 0 saturated heterocycles. The molecule has 0 aliphatic heterocycles. The first kappa shape index (κ1) is 11.1. The molecule has 1 aromatic heterocycles. The van der Waals surface area contributed by atoms with Crippen molar-refractivity contribution >= 4 is 11.0 Å². The number of benzene rings is 1. The molecule has 0 fully saturated rings. The molecule has 1 heterocycles. The van der Waals surface area contributed by atoms with Crippen molar-refractivity contribution in [1.29, 1.82) is 0 Å². The average molecular weight is 234 g/mol. The van der Waals surface area contributed by atoms with Crippen LogP contribution in [0.3, 0.4) is 0 Å². The minimum Gasteiger partial charge on any atom is -0.513 e. The van der Waals surface area contributed by atoms with E-state index in [0.29, 0.717) is 10.9 Å². The minimum atomic E-state index is -0.672. The molecule has 88 valence electrons. The Bertz CT molecular complexity index is 654. The molecule has 2 aromatic rings. The Morgan fingerprint density at radius 2 is 2.06 bits per heavy atom. The van der Waals surface area contributed by atoms with Crippen LogP contribution in [0.5, 0.6) is 11.5 Å². The van der Waals surface area contributed by atoms with E-state index in [4.69, 9.17) is 9.52 Å². The maximum Gasteiger partial charge on any atom is 0.336 e. The average Bonchev–Trinajstić information content (AvgIpc) is 2.23. The van der Waals surface area contributed by atoms with Crippen molar-refractivity contribution in [2.24, 2.45) is 0 Å². The number of hydrogen-bond donors (Lipinski definition) is 3. The van der Waals surface area contributed by atoms with Gasteiger partial charge in [0.15, 0.2) is 11.3 Å². The van der Waals surface area contributed by atoms with Gasteiger partial charge in [-0.1, -0.05) is 6.58 Å². The third-order valence-corrected chi connectivity index (χ3v) is 2.35. The van der Waals surface area contributed by atoms with E-state index < -0.39 is 11.4 Å². The lowest BCUT2D eigenvalue weighted by atomic mass is 10.1. The predicted molar refractivity (Wildman–Crippen MR) is 61.3 cm³/mol. The first-order chi connectivity index (χ1) is 7.99. The Hall–Kier alpha value is -2.43. The fourth-order valence-electron chi connectivity index (χ4n) is 1.63. The van der Waals surface area contributed by atoms with E-state index in [0.717, 1.165) is 0 Å². The van der Waals surface area contributed by atoms with Gasteiger partial charge in [0.2, 0.25) is 5.75 Å². The molecule has 0 bridgehead atoms. The summed E-state index contributed by atoms with van der Waals surface area (Å²) < 4.78 is 4.82. The second kappa shape index (κ2) is 3.86. The molecule has 3 N–H and O–H groups in total. The van der Waals surface area contributed by atoms with Gasteiger partial charge in [-0.15, -0.1) is 0 Å². The van der Waals surface area contributed by atoms with Crippen LogP contribution in [-0.2, 0) is 6.42 Å². The van der Waals surface area contributed by atoms with E-state index >= 15 is 0 Å². The summed E-state index contributed by atoms with van der Waals surface area (Å²) in [6.45, 7) is 3.34. The van der Waals surface area contributed by atoms with Crippen molar-refractivity contribution in [2.75, 3.05) is 0 Å². The Labute approximate surface area is 95.9 Å². The topological polar surface area (TPSA) is 90.9 Å². The molecule has 0 aliphatic rings. The number of hydrogen-bond acceptors (Lipinski definition) is 5. The molecule has 2 rings (SSSR count). The van der Waals surface area contributed by atoms with Crippen LogP contribution in [0.25, 0.3) is 11.0 Å². The zero-order valence-electron chi connectivity index (χ0n) is 8.80. The van der Waals surface area contributed by atoms with Crippen LogP contribution in [0.1, 0.15) is 5.56 Å². The van der Waals surface area contributed by atoms with Gasteiger partial charge >= 0.3 is 5.63 Å². The standard InChI is InChI=1S/C12H10O5/c1-6(13)4-7-5-10(15)17-12-8(7)2-3-9(14)11(12)16/h2-3,5,13-14,16H,1,4H2. The zero-order valence-corrected chi connectivity index (χ0v) is 8.80. The van der Waals surface area contributed by atoms with Gasteiger partial charge in [0, 0.05) is 17.9 Å². The molecule has 5 nitrogen and oxygen atoms in total. The fourth-order valence-corrected chi connectivity index (χ4v) is 1.63. The minimum absolute atomic E-state index is 0.0757. The summed E-state index contributed by atoms with van der Waals surface area (Å²) in [5.41, 5.74) is -0.303. The van der Waals surface area contributed by atoms with E-state index in [1.165, 1.54) is 18.2 Å². The highest BCUT2D eigenvalue weighted by Crippen LogP contribution is 2.34. The summed E-state index contributed by atoms with van der Waals surface area (Å²) >= 11 is 0. The van der Waals surface area contributed by atoms with Gasteiger partial charge in [0.25, 0.3) is 0 Å². The number of phenols is 2. The van der Waals surface area contributed by atoms with Crippen LogP contribution in [0.2, 0.25) is 0 Å². The molecule has 5 heteroatoms. The molecule has 0 amide bonds. The van der Waals surface area contributed by atoms with Gasteiger partial charge in [-0.3, -0.25) is 0 Å². The summed E-state index contributed by atoms with van der Waals surface area (Å²) in [7, 11) is 0. The Balaban J connectivity index is 2.81. The Morgan fingerprint density at radius 3 is 2.71 bits per heavy atom.